The maximum absolute atomic E-state index is 5.79. The maximum Gasteiger partial charge on any atom is 0.127 e. The van der Waals surface area contributed by atoms with E-state index >= 15 is 0 Å². The van der Waals surface area contributed by atoms with Crippen LogP contribution in [-0.4, -0.2) is 31.1 Å². The van der Waals surface area contributed by atoms with E-state index < -0.39 is 0 Å². The molecule has 0 N–H and O–H groups in total. The van der Waals surface area contributed by atoms with E-state index in [0.717, 1.165) is 12.3 Å². The molecule has 122 valence electrons. The van der Waals surface area contributed by atoms with E-state index in [1.165, 1.54) is 25.9 Å². The Morgan fingerprint density at radius 1 is 1.13 bits per heavy atom. The molecule has 0 bridgehead atoms. The first-order valence-electron chi connectivity index (χ1n) is 8.05. The van der Waals surface area contributed by atoms with Gasteiger partial charge in [-0.2, -0.15) is 0 Å². The molecule has 3 nitrogen and oxygen atoms in total. The Bertz CT molecular complexity index is 554. The molecule has 0 spiro atoms. The summed E-state index contributed by atoms with van der Waals surface area (Å²) in [5.74, 6) is 2.11. The Morgan fingerprint density at radius 3 is 2.57 bits per heavy atom. The van der Waals surface area contributed by atoms with Gasteiger partial charge in [0.25, 0.3) is 0 Å². The van der Waals surface area contributed by atoms with Crippen LogP contribution in [0.1, 0.15) is 12.8 Å². The molecule has 23 heavy (non-hydrogen) atoms. The Kier molecular flexibility index (Phi) is 7.21. The number of para-hydroxylation sites is 1. The number of likely N-dealkylation sites (tertiary alicyclic amines) is 1. The Labute approximate surface area is 139 Å². The van der Waals surface area contributed by atoms with Crippen LogP contribution in [0.2, 0.25) is 0 Å². The van der Waals surface area contributed by atoms with Crippen LogP contribution in [0.5, 0.6) is 5.75 Å². The molecular weight excluding hydrogens is 286 g/mol. The highest BCUT2D eigenvalue weighted by Crippen LogP contribution is 2.14. The van der Waals surface area contributed by atoms with Crippen LogP contribution in [0.3, 0.4) is 0 Å². The quantitative estimate of drug-likeness (QED) is 0.501. The first-order valence-corrected chi connectivity index (χ1v) is 8.05. The number of benzene rings is 1. The molecule has 1 fully saturated rings. The first kappa shape index (κ1) is 17.1. The molecule has 0 amide bonds. The molecule has 0 aliphatic carbocycles. The zero-order valence-corrected chi connectivity index (χ0v) is 13.6. The van der Waals surface area contributed by atoms with Gasteiger partial charge < -0.3 is 9.47 Å². The zero-order chi connectivity index (χ0) is 16.3. The highest BCUT2D eigenvalue weighted by molar-refractivity contribution is 5.29. The standard InChI is InChI=1S/C20H25NO2/c1-3-9-19(23-20-10-5-4-6-11-20)13-12-18(2)22-17-16-21-14-7-8-15-21/h3-6,9-13H,1-2,7-8,14-17H2/b13-12-,19-9+. The van der Waals surface area contributed by atoms with Crippen molar-refractivity contribution in [3.05, 3.63) is 79.3 Å². The van der Waals surface area contributed by atoms with Gasteiger partial charge in [-0.3, -0.25) is 4.90 Å². The topological polar surface area (TPSA) is 21.7 Å². The molecule has 1 aliphatic heterocycles. The molecule has 0 radical (unpaired) electrons. The SMILES string of the molecule is C=C/C=C(\C=C/C(=C)OCCN1CCCC1)Oc1ccccc1. The average molecular weight is 311 g/mol. The lowest BCUT2D eigenvalue weighted by molar-refractivity contribution is 0.181. The Hall–Kier alpha value is -2.26. The van der Waals surface area contributed by atoms with Gasteiger partial charge in [0, 0.05) is 6.54 Å². The summed E-state index contributed by atoms with van der Waals surface area (Å²) < 4.78 is 11.4. The largest absolute Gasteiger partial charge is 0.493 e. The summed E-state index contributed by atoms with van der Waals surface area (Å²) in [7, 11) is 0. The number of nitrogens with zero attached hydrogens (tertiary/aromatic N) is 1. The van der Waals surface area contributed by atoms with Gasteiger partial charge in [0.2, 0.25) is 0 Å². The summed E-state index contributed by atoms with van der Waals surface area (Å²) >= 11 is 0. The Morgan fingerprint density at radius 2 is 1.87 bits per heavy atom. The van der Waals surface area contributed by atoms with Gasteiger partial charge in [0.05, 0.1) is 0 Å². The third kappa shape index (κ3) is 6.57. The van der Waals surface area contributed by atoms with Crippen molar-refractivity contribution in [1.29, 1.82) is 0 Å². The number of ether oxygens (including phenoxy) is 2. The second-order valence-electron chi connectivity index (χ2n) is 5.42. The highest BCUT2D eigenvalue weighted by atomic mass is 16.5. The molecule has 1 aromatic rings. The van der Waals surface area contributed by atoms with Gasteiger partial charge >= 0.3 is 0 Å². The van der Waals surface area contributed by atoms with Crippen LogP contribution >= 0.6 is 0 Å². The molecule has 1 heterocycles. The minimum Gasteiger partial charge on any atom is -0.493 e. The van der Waals surface area contributed by atoms with Crippen molar-refractivity contribution >= 4 is 0 Å². The molecule has 0 saturated carbocycles. The van der Waals surface area contributed by atoms with Gasteiger partial charge in [-0.15, -0.1) is 0 Å². The summed E-state index contributed by atoms with van der Waals surface area (Å²) in [5, 5.41) is 0. The average Bonchev–Trinajstić information content (AvgIpc) is 3.07. The maximum atomic E-state index is 5.79. The molecule has 0 unspecified atom stereocenters. The summed E-state index contributed by atoms with van der Waals surface area (Å²) in [6.07, 6.45) is 9.76. The van der Waals surface area contributed by atoms with Gasteiger partial charge in [0.15, 0.2) is 0 Å². The predicted octanol–water partition coefficient (Wildman–Crippen LogP) is 4.32. The van der Waals surface area contributed by atoms with Crippen LogP contribution in [0.4, 0.5) is 0 Å². The zero-order valence-electron chi connectivity index (χ0n) is 13.6. The second kappa shape index (κ2) is 9.70. The first-order chi connectivity index (χ1) is 11.3. The second-order valence-corrected chi connectivity index (χ2v) is 5.42. The molecule has 3 heteroatoms. The van der Waals surface area contributed by atoms with Crippen molar-refractivity contribution < 1.29 is 9.47 Å². The number of hydrogen-bond donors (Lipinski definition) is 0. The van der Waals surface area contributed by atoms with E-state index in [9.17, 15) is 0 Å². The van der Waals surface area contributed by atoms with E-state index in [1.54, 1.807) is 12.2 Å². The molecular formula is C20H25NO2. The third-order valence-electron chi connectivity index (χ3n) is 3.59. The fraction of sp³-hybridized carbons (Fsp3) is 0.300. The number of rotatable bonds is 9. The summed E-state index contributed by atoms with van der Waals surface area (Å²) in [4.78, 5) is 2.42. The van der Waals surface area contributed by atoms with Gasteiger partial charge in [-0.1, -0.05) is 37.4 Å². The van der Waals surface area contributed by atoms with Crippen molar-refractivity contribution in [2.24, 2.45) is 0 Å². The lowest BCUT2D eigenvalue weighted by Crippen LogP contribution is -2.23. The van der Waals surface area contributed by atoms with Crippen LogP contribution < -0.4 is 4.74 Å². The fourth-order valence-electron chi connectivity index (χ4n) is 2.40. The van der Waals surface area contributed by atoms with Crippen LogP contribution in [0.25, 0.3) is 0 Å². The minimum absolute atomic E-state index is 0.635. The lowest BCUT2D eigenvalue weighted by atomic mass is 10.3. The van der Waals surface area contributed by atoms with Crippen molar-refractivity contribution in [3.8, 4) is 5.75 Å². The number of allylic oxidation sites excluding steroid dienone is 4. The van der Waals surface area contributed by atoms with Crippen molar-refractivity contribution in [1.82, 2.24) is 4.90 Å². The van der Waals surface area contributed by atoms with Crippen molar-refractivity contribution in [2.45, 2.75) is 12.8 Å². The molecule has 1 saturated heterocycles. The van der Waals surface area contributed by atoms with Crippen molar-refractivity contribution in [3.63, 3.8) is 0 Å². The smallest absolute Gasteiger partial charge is 0.127 e. The number of hydrogen-bond acceptors (Lipinski definition) is 3. The summed E-state index contributed by atoms with van der Waals surface area (Å²) in [5.41, 5.74) is 0. The van der Waals surface area contributed by atoms with E-state index in [2.05, 4.69) is 18.1 Å². The van der Waals surface area contributed by atoms with Gasteiger partial charge in [-0.25, -0.2) is 0 Å². The fourth-order valence-corrected chi connectivity index (χ4v) is 2.40. The van der Waals surface area contributed by atoms with Crippen molar-refractivity contribution in [2.75, 3.05) is 26.2 Å². The molecule has 2 rings (SSSR count). The monoisotopic (exact) mass is 311 g/mol. The van der Waals surface area contributed by atoms with E-state index in [-0.39, 0.29) is 0 Å². The lowest BCUT2D eigenvalue weighted by Gasteiger charge is -2.14. The van der Waals surface area contributed by atoms with Gasteiger partial charge in [0.1, 0.15) is 23.9 Å². The summed E-state index contributed by atoms with van der Waals surface area (Å²) in [6, 6.07) is 9.64. The normalized spacial score (nSPS) is 15.7. The minimum atomic E-state index is 0.635. The molecule has 1 aliphatic rings. The Balaban J connectivity index is 1.78. The molecule has 1 aromatic carbocycles. The van der Waals surface area contributed by atoms with E-state index in [1.807, 2.05) is 42.5 Å². The van der Waals surface area contributed by atoms with Crippen LogP contribution in [-0.2, 0) is 4.74 Å². The third-order valence-corrected chi connectivity index (χ3v) is 3.59. The van der Waals surface area contributed by atoms with Gasteiger partial charge in [-0.05, 0) is 56.3 Å². The summed E-state index contributed by atoms with van der Waals surface area (Å²) in [6.45, 7) is 11.6. The molecule has 0 aromatic heterocycles. The predicted molar refractivity (Wildman–Crippen MR) is 95.3 cm³/mol. The van der Waals surface area contributed by atoms with E-state index in [0.29, 0.717) is 18.1 Å². The van der Waals surface area contributed by atoms with Crippen LogP contribution in [0, 0.1) is 0 Å². The molecule has 0 atom stereocenters. The highest BCUT2D eigenvalue weighted by Gasteiger charge is 2.10. The van der Waals surface area contributed by atoms with E-state index in [4.69, 9.17) is 9.47 Å². The van der Waals surface area contributed by atoms with Crippen LogP contribution in [0.15, 0.2) is 79.3 Å².